The highest BCUT2D eigenvalue weighted by atomic mass is 32.1. The van der Waals surface area contributed by atoms with E-state index in [2.05, 4.69) is 10.6 Å². The van der Waals surface area contributed by atoms with Gasteiger partial charge in [0, 0.05) is 10.4 Å². The van der Waals surface area contributed by atoms with Gasteiger partial charge < -0.3 is 10.1 Å². The van der Waals surface area contributed by atoms with Crippen molar-refractivity contribution < 1.29 is 23.5 Å². The standard InChI is InChI=1S/C17H17FN2O4S/c1-4-24-17(23)20-15(22)13-9(2)10(3)25-16(13)19-14(21)11-5-7-12(18)8-6-11/h5-8H,4H2,1-3H3,(H,19,21)(H,20,22,23). The molecule has 3 amide bonds. The number of thiophene rings is 1. The van der Waals surface area contributed by atoms with Crippen LogP contribution in [0.2, 0.25) is 0 Å². The van der Waals surface area contributed by atoms with E-state index in [0.717, 1.165) is 4.88 Å². The van der Waals surface area contributed by atoms with Crippen molar-refractivity contribution in [1.29, 1.82) is 0 Å². The molecule has 2 aromatic rings. The normalized spacial score (nSPS) is 10.2. The summed E-state index contributed by atoms with van der Waals surface area (Å²) in [4.78, 5) is 36.9. The number of hydrogen-bond donors (Lipinski definition) is 2. The van der Waals surface area contributed by atoms with Crippen LogP contribution in [0.15, 0.2) is 24.3 Å². The van der Waals surface area contributed by atoms with E-state index in [1.54, 1.807) is 20.8 Å². The number of nitrogens with one attached hydrogen (secondary N) is 2. The molecule has 0 spiro atoms. The average Bonchev–Trinajstić information content (AvgIpc) is 2.82. The third kappa shape index (κ3) is 4.42. The topological polar surface area (TPSA) is 84.5 Å². The van der Waals surface area contributed by atoms with Gasteiger partial charge in [-0.25, -0.2) is 9.18 Å². The van der Waals surface area contributed by atoms with Crippen molar-refractivity contribution in [2.45, 2.75) is 20.8 Å². The lowest BCUT2D eigenvalue weighted by molar-refractivity contribution is 0.0925. The van der Waals surface area contributed by atoms with E-state index in [0.29, 0.717) is 10.6 Å². The van der Waals surface area contributed by atoms with Crippen LogP contribution in [0, 0.1) is 19.7 Å². The highest BCUT2D eigenvalue weighted by Gasteiger charge is 2.23. The number of carbonyl (C=O) groups is 3. The molecule has 1 aromatic heterocycles. The lowest BCUT2D eigenvalue weighted by Gasteiger charge is -2.08. The zero-order valence-electron chi connectivity index (χ0n) is 13.9. The number of hydrogen-bond acceptors (Lipinski definition) is 5. The van der Waals surface area contributed by atoms with Gasteiger partial charge in [0.25, 0.3) is 11.8 Å². The molecule has 0 aliphatic carbocycles. The van der Waals surface area contributed by atoms with Gasteiger partial charge in [-0.2, -0.15) is 0 Å². The number of halogens is 1. The van der Waals surface area contributed by atoms with Crippen LogP contribution in [0.25, 0.3) is 0 Å². The molecule has 132 valence electrons. The SMILES string of the molecule is CCOC(=O)NC(=O)c1c(NC(=O)c2ccc(F)cc2)sc(C)c1C. The summed E-state index contributed by atoms with van der Waals surface area (Å²) in [5.74, 6) is -1.59. The number of benzene rings is 1. The Hall–Kier alpha value is -2.74. The highest BCUT2D eigenvalue weighted by molar-refractivity contribution is 7.16. The molecule has 0 aliphatic rings. The Balaban J connectivity index is 2.25. The van der Waals surface area contributed by atoms with Crippen LogP contribution in [0.5, 0.6) is 0 Å². The Morgan fingerprint density at radius 1 is 1.12 bits per heavy atom. The molecular formula is C17H17FN2O4S. The Labute approximate surface area is 148 Å². The maximum absolute atomic E-state index is 13.0. The van der Waals surface area contributed by atoms with Crippen molar-refractivity contribution in [3.63, 3.8) is 0 Å². The molecule has 0 bridgehead atoms. The molecule has 0 saturated heterocycles. The van der Waals surface area contributed by atoms with E-state index in [1.807, 2.05) is 0 Å². The fourth-order valence-electron chi connectivity index (χ4n) is 2.09. The number of alkyl carbamates (subject to hydrolysis) is 1. The summed E-state index contributed by atoms with van der Waals surface area (Å²) < 4.78 is 17.7. The number of amides is 3. The van der Waals surface area contributed by atoms with Gasteiger partial charge in [-0.15, -0.1) is 11.3 Å². The van der Waals surface area contributed by atoms with Crippen LogP contribution in [-0.4, -0.2) is 24.5 Å². The number of rotatable bonds is 4. The molecule has 0 atom stereocenters. The molecule has 25 heavy (non-hydrogen) atoms. The van der Waals surface area contributed by atoms with Crippen LogP contribution in [0.1, 0.15) is 38.1 Å². The Morgan fingerprint density at radius 3 is 2.36 bits per heavy atom. The minimum atomic E-state index is -0.855. The molecule has 6 nitrogen and oxygen atoms in total. The maximum atomic E-state index is 13.0. The summed E-state index contributed by atoms with van der Waals surface area (Å²) >= 11 is 1.22. The molecule has 2 rings (SSSR count). The lowest BCUT2D eigenvalue weighted by atomic mass is 10.1. The Kier molecular flexibility index (Phi) is 5.87. The van der Waals surface area contributed by atoms with Gasteiger partial charge in [0.2, 0.25) is 0 Å². The third-order valence-corrected chi connectivity index (χ3v) is 4.56. The maximum Gasteiger partial charge on any atom is 0.414 e. The summed E-state index contributed by atoms with van der Waals surface area (Å²) in [7, 11) is 0. The van der Waals surface area contributed by atoms with E-state index in [-0.39, 0.29) is 17.7 Å². The van der Waals surface area contributed by atoms with Gasteiger partial charge in [-0.1, -0.05) is 0 Å². The molecular weight excluding hydrogens is 347 g/mol. The number of anilines is 1. The van der Waals surface area contributed by atoms with Crippen molar-refractivity contribution in [2.75, 3.05) is 11.9 Å². The second kappa shape index (κ2) is 7.89. The molecule has 1 aromatic carbocycles. The van der Waals surface area contributed by atoms with E-state index in [9.17, 15) is 18.8 Å². The van der Waals surface area contributed by atoms with Crippen molar-refractivity contribution in [2.24, 2.45) is 0 Å². The molecule has 0 saturated carbocycles. The predicted molar refractivity (Wildman–Crippen MR) is 92.6 cm³/mol. The van der Waals surface area contributed by atoms with E-state index in [4.69, 9.17) is 4.74 Å². The molecule has 0 unspecified atom stereocenters. The average molecular weight is 364 g/mol. The molecule has 0 aliphatic heterocycles. The van der Waals surface area contributed by atoms with E-state index < -0.39 is 23.7 Å². The number of aryl methyl sites for hydroxylation is 1. The summed E-state index contributed by atoms with van der Waals surface area (Å²) in [6.07, 6.45) is -0.855. The molecule has 2 N–H and O–H groups in total. The largest absolute Gasteiger partial charge is 0.450 e. The lowest BCUT2D eigenvalue weighted by Crippen LogP contribution is -2.31. The van der Waals surface area contributed by atoms with Gasteiger partial charge in [-0.05, 0) is 50.6 Å². The van der Waals surface area contributed by atoms with Gasteiger partial charge in [-0.3, -0.25) is 14.9 Å². The van der Waals surface area contributed by atoms with Crippen LogP contribution < -0.4 is 10.6 Å². The summed E-state index contributed by atoms with van der Waals surface area (Å²) in [6.45, 7) is 5.28. The first-order valence-corrected chi connectivity index (χ1v) is 8.30. The number of ether oxygens (including phenoxy) is 1. The minimum absolute atomic E-state index is 0.134. The zero-order valence-corrected chi connectivity index (χ0v) is 14.8. The number of carbonyl (C=O) groups excluding carboxylic acids is 3. The second-order valence-corrected chi connectivity index (χ2v) is 6.35. The quantitative estimate of drug-likeness (QED) is 0.867. The molecule has 0 radical (unpaired) electrons. The van der Waals surface area contributed by atoms with Gasteiger partial charge >= 0.3 is 6.09 Å². The van der Waals surface area contributed by atoms with Crippen molar-refractivity contribution in [3.05, 3.63) is 51.7 Å². The van der Waals surface area contributed by atoms with E-state index in [1.165, 1.54) is 35.6 Å². The first-order valence-electron chi connectivity index (χ1n) is 7.48. The highest BCUT2D eigenvalue weighted by Crippen LogP contribution is 2.32. The molecule has 0 fully saturated rings. The minimum Gasteiger partial charge on any atom is -0.450 e. The fourth-order valence-corrected chi connectivity index (χ4v) is 3.14. The Bertz CT molecular complexity index is 815. The Morgan fingerprint density at radius 2 is 1.76 bits per heavy atom. The fraction of sp³-hybridized carbons (Fsp3) is 0.235. The van der Waals surface area contributed by atoms with Gasteiger partial charge in [0.1, 0.15) is 10.8 Å². The molecule has 1 heterocycles. The monoisotopic (exact) mass is 364 g/mol. The summed E-state index contributed by atoms with van der Waals surface area (Å²) in [5.41, 5.74) is 1.11. The summed E-state index contributed by atoms with van der Waals surface area (Å²) in [6, 6.07) is 5.04. The van der Waals surface area contributed by atoms with Gasteiger partial charge in [0.05, 0.1) is 12.2 Å². The molecule has 8 heteroatoms. The van der Waals surface area contributed by atoms with Gasteiger partial charge in [0.15, 0.2) is 0 Å². The van der Waals surface area contributed by atoms with E-state index >= 15 is 0 Å². The zero-order chi connectivity index (χ0) is 18.6. The smallest absolute Gasteiger partial charge is 0.414 e. The van der Waals surface area contributed by atoms with Crippen LogP contribution >= 0.6 is 11.3 Å². The second-order valence-electron chi connectivity index (χ2n) is 5.12. The van der Waals surface area contributed by atoms with Crippen LogP contribution in [0.4, 0.5) is 14.2 Å². The number of imide groups is 1. The first-order chi connectivity index (χ1) is 11.8. The van der Waals surface area contributed by atoms with Crippen LogP contribution in [0.3, 0.4) is 0 Å². The third-order valence-electron chi connectivity index (χ3n) is 3.44. The van der Waals surface area contributed by atoms with Crippen LogP contribution in [-0.2, 0) is 4.74 Å². The predicted octanol–water partition coefficient (Wildman–Crippen LogP) is 3.64. The van der Waals surface area contributed by atoms with Crippen molar-refractivity contribution in [1.82, 2.24) is 5.32 Å². The van der Waals surface area contributed by atoms with Crippen molar-refractivity contribution >= 4 is 34.2 Å². The first kappa shape index (κ1) is 18.6. The van der Waals surface area contributed by atoms with Crippen molar-refractivity contribution in [3.8, 4) is 0 Å². The summed E-state index contributed by atoms with van der Waals surface area (Å²) in [5, 5.41) is 5.07.